The average molecular weight is 153 g/mol. The zero-order valence-corrected chi connectivity index (χ0v) is 7.53. The van der Waals surface area contributed by atoms with Crippen LogP contribution in [0, 0.1) is 5.41 Å². The van der Waals surface area contributed by atoms with Crippen molar-refractivity contribution in [2.45, 2.75) is 51.5 Å². The fraction of sp³-hybridized carbons (Fsp3) is 1.00. The number of piperidine rings is 1. The molecule has 0 aromatic rings. The molecule has 1 unspecified atom stereocenters. The third kappa shape index (κ3) is 1.20. The Labute approximate surface area is 69.6 Å². The molecule has 2 aliphatic rings. The summed E-state index contributed by atoms with van der Waals surface area (Å²) in [5.74, 6) is 0. The van der Waals surface area contributed by atoms with Crippen molar-refractivity contribution in [2.24, 2.45) is 5.41 Å². The van der Waals surface area contributed by atoms with Gasteiger partial charge in [-0.3, -0.25) is 0 Å². The molecular formula is C10H19N. The van der Waals surface area contributed by atoms with Gasteiger partial charge in [0.15, 0.2) is 0 Å². The topological polar surface area (TPSA) is 12.0 Å². The lowest BCUT2D eigenvalue weighted by Gasteiger charge is -2.40. The average Bonchev–Trinajstić information content (AvgIpc) is 2.46. The molecule has 1 N–H and O–H groups in total. The van der Waals surface area contributed by atoms with Crippen LogP contribution in [-0.4, -0.2) is 12.6 Å². The Morgan fingerprint density at radius 2 is 1.73 bits per heavy atom. The van der Waals surface area contributed by atoms with Gasteiger partial charge in [0.25, 0.3) is 0 Å². The van der Waals surface area contributed by atoms with Crippen LogP contribution >= 0.6 is 0 Å². The molecule has 1 saturated heterocycles. The lowest BCUT2D eigenvalue weighted by atomic mass is 9.73. The second-order valence-electron chi connectivity index (χ2n) is 4.35. The van der Waals surface area contributed by atoms with Crippen LogP contribution < -0.4 is 5.32 Å². The smallest absolute Gasteiger partial charge is 0.00951 e. The van der Waals surface area contributed by atoms with E-state index in [0.717, 1.165) is 11.5 Å². The summed E-state index contributed by atoms with van der Waals surface area (Å²) in [6.07, 6.45) is 8.83. The summed E-state index contributed by atoms with van der Waals surface area (Å²) in [6, 6.07) is 0.791. The van der Waals surface area contributed by atoms with E-state index in [-0.39, 0.29) is 0 Å². The first-order chi connectivity index (χ1) is 5.33. The molecule has 0 aromatic carbocycles. The summed E-state index contributed by atoms with van der Waals surface area (Å²) >= 11 is 0. The second kappa shape index (κ2) is 2.78. The van der Waals surface area contributed by atoms with Crippen molar-refractivity contribution in [3.63, 3.8) is 0 Å². The number of rotatable bonds is 0. The second-order valence-corrected chi connectivity index (χ2v) is 4.35. The third-order valence-corrected chi connectivity index (χ3v) is 3.82. The van der Waals surface area contributed by atoms with E-state index in [9.17, 15) is 0 Å². The van der Waals surface area contributed by atoms with Crippen LogP contribution in [0.3, 0.4) is 0 Å². The van der Waals surface area contributed by atoms with Gasteiger partial charge in [0.05, 0.1) is 0 Å². The van der Waals surface area contributed by atoms with Gasteiger partial charge in [0.1, 0.15) is 0 Å². The van der Waals surface area contributed by atoms with E-state index in [1.54, 1.807) is 0 Å². The monoisotopic (exact) mass is 153 g/mol. The highest BCUT2D eigenvalue weighted by molar-refractivity contribution is 4.95. The first-order valence-electron chi connectivity index (χ1n) is 5.07. The molecule has 1 heteroatoms. The van der Waals surface area contributed by atoms with Crippen LogP contribution in [-0.2, 0) is 0 Å². The maximum Gasteiger partial charge on any atom is 0.00951 e. The molecule has 0 aromatic heterocycles. The minimum Gasteiger partial charge on any atom is -0.314 e. The molecule has 0 amide bonds. The third-order valence-electron chi connectivity index (χ3n) is 3.82. The number of hydrogen-bond acceptors (Lipinski definition) is 1. The highest BCUT2D eigenvalue weighted by Gasteiger charge is 2.39. The van der Waals surface area contributed by atoms with Gasteiger partial charge in [-0.15, -0.1) is 0 Å². The number of hydrogen-bond donors (Lipinski definition) is 1. The van der Waals surface area contributed by atoms with Crippen LogP contribution in [0.15, 0.2) is 0 Å². The molecule has 0 bridgehead atoms. The lowest BCUT2D eigenvalue weighted by Crippen LogP contribution is -2.46. The van der Waals surface area contributed by atoms with Gasteiger partial charge in [-0.1, -0.05) is 12.8 Å². The van der Waals surface area contributed by atoms with E-state index in [1.807, 2.05) is 0 Å². The standard InChI is InChI=1S/C10H19N/c1-9-10(5-2-3-6-10)7-4-8-11-9/h9,11H,2-8H2,1H3. The Balaban J connectivity index is 2.07. The Morgan fingerprint density at radius 3 is 2.36 bits per heavy atom. The molecule has 1 nitrogen and oxygen atoms in total. The Bertz CT molecular complexity index is 136. The molecule has 11 heavy (non-hydrogen) atoms. The molecule has 1 aliphatic carbocycles. The van der Waals surface area contributed by atoms with Crippen LogP contribution in [0.1, 0.15) is 45.4 Å². The van der Waals surface area contributed by atoms with Gasteiger partial charge in [-0.2, -0.15) is 0 Å². The van der Waals surface area contributed by atoms with Crippen molar-refractivity contribution >= 4 is 0 Å². The van der Waals surface area contributed by atoms with Gasteiger partial charge < -0.3 is 5.32 Å². The van der Waals surface area contributed by atoms with Gasteiger partial charge >= 0.3 is 0 Å². The van der Waals surface area contributed by atoms with Crippen LogP contribution in [0.4, 0.5) is 0 Å². The molecule has 2 rings (SSSR count). The first kappa shape index (κ1) is 7.60. The Hall–Kier alpha value is -0.0400. The van der Waals surface area contributed by atoms with E-state index < -0.39 is 0 Å². The van der Waals surface area contributed by atoms with E-state index >= 15 is 0 Å². The fourth-order valence-corrected chi connectivity index (χ4v) is 2.95. The summed E-state index contributed by atoms with van der Waals surface area (Å²) in [7, 11) is 0. The van der Waals surface area contributed by atoms with Crippen LogP contribution in [0.5, 0.6) is 0 Å². The zero-order chi connectivity index (χ0) is 7.73. The zero-order valence-electron chi connectivity index (χ0n) is 7.53. The van der Waals surface area contributed by atoms with E-state index in [0.29, 0.717) is 0 Å². The minimum absolute atomic E-state index is 0.720. The highest BCUT2D eigenvalue weighted by atomic mass is 14.9. The summed E-state index contributed by atoms with van der Waals surface area (Å²) in [4.78, 5) is 0. The van der Waals surface area contributed by atoms with Crippen molar-refractivity contribution in [1.29, 1.82) is 0 Å². The first-order valence-corrected chi connectivity index (χ1v) is 5.07. The quantitative estimate of drug-likeness (QED) is 0.563. The van der Waals surface area contributed by atoms with Crippen LogP contribution in [0.25, 0.3) is 0 Å². The Kier molecular flexibility index (Phi) is 1.92. The molecule has 1 aliphatic heterocycles. The molecular weight excluding hydrogens is 134 g/mol. The minimum atomic E-state index is 0.720. The van der Waals surface area contributed by atoms with E-state index in [2.05, 4.69) is 12.2 Å². The van der Waals surface area contributed by atoms with Crippen LogP contribution in [0.2, 0.25) is 0 Å². The summed E-state index contributed by atoms with van der Waals surface area (Å²) in [5.41, 5.74) is 0.720. The SMILES string of the molecule is CC1NCCCC12CCCC2. The van der Waals surface area contributed by atoms with Crippen molar-refractivity contribution in [1.82, 2.24) is 5.32 Å². The van der Waals surface area contributed by atoms with Gasteiger partial charge in [-0.25, -0.2) is 0 Å². The lowest BCUT2D eigenvalue weighted by molar-refractivity contribution is 0.152. The van der Waals surface area contributed by atoms with Crippen molar-refractivity contribution in [3.05, 3.63) is 0 Å². The van der Waals surface area contributed by atoms with Gasteiger partial charge in [-0.05, 0) is 44.6 Å². The molecule has 1 saturated carbocycles. The molecule has 1 atom stereocenters. The largest absolute Gasteiger partial charge is 0.314 e. The predicted molar refractivity (Wildman–Crippen MR) is 47.6 cm³/mol. The summed E-state index contributed by atoms with van der Waals surface area (Å²) in [5, 5.41) is 3.61. The van der Waals surface area contributed by atoms with E-state index in [4.69, 9.17) is 0 Å². The van der Waals surface area contributed by atoms with Crippen molar-refractivity contribution in [2.75, 3.05) is 6.54 Å². The normalized spacial score (nSPS) is 36.3. The molecule has 0 radical (unpaired) electrons. The molecule has 1 heterocycles. The summed E-state index contributed by atoms with van der Waals surface area (Å²) < 4.78 is 0. The van der Waals surface area contributed by atoms with Crippen molar-refractivity contribution < 1.29 is 0 Å². The Morgan fingerprint density at radius 1 is 1.09 bits per heavy atom. The summed E-state index contributed by atoms with van der Waals surface area (Å²) in [6.45, 7) is 3.63. The van der Waals surface area contributed by atoms with Gasteiger partial charge in [0, 0.05) is 6.04 Å². The molecule has 1 spiro atoms. The van der Waals surface area contributed by atoms with Crippen molar-refractivity contribution in [3.8, 4) is 0 Å². The van der Waals surface area contributed by atoms with E-state index in [1.165, 1.54) is 45.1 Å². The maximum atomic E-state index is 3.61. The molecule has 64 valence electrons. The maximum absolute atomic E-state index is 3.61. The van der Waals surface area contributed by atoms with Gasteiger partial charge in [0.2, 0.25) is 0 Å². The predicted octanol–water partition coefficient (Wildman–Crippen LogP) is 2.32. The fourth-order valence-electron chi connectivity index (χ4n) is 2.95. The highest BCUT2D eigenvalue weighted by Crippen LogP contribution is 2.46. The molecule has 2 fully saturated rings. The number of nitrogens with one attached hydrogen (secondary N) is 1.